The lowest BCUT2D eigenvalue weighted by atomic mass is 10.1. The van der Waals surface area contributed by atoms with Gasteiger partial charge in [-0.2, -0.15) is 0 Å². The van der Waals surface area contributed by atoms with Crippen LogP contribution in [0.25, 0.3) is 0 Å². The Bertz CT molecular complexity index is 476. The number of aliphatic hydroxyl groups is 1. The fourth-order valence-corrected chi connectivity index (χ4v) is 2.20. The maximum atomic E-state index is 12.2. The number of likely N-dealkylation sites (tertiary alicyclic amines) is 1. The van der Waals surface area contributed by atoms with Crippen LogP contribution >= 0.6 is 0 Å². The molecular weight excluding hydrogens is 238 g/mol. The molecule has 2 rings (SSSR count). The molecule has 0 radical (unpaired) electrons. The Hall–Kier alpha value is -1.79. The number of hydrogen-bond donors (Lipinski definition) is 1. The Morgan fingerprint density at radius 2 is 1.84 bits per heavy atom. The summed E-state index contributed by atoms with van der Waals surface area (Å²) in [7, 11) is 0. The summed E-state index contributed by atoms with van der Waals surface area (Å²) < 4.78 is 0. The van der Waals surface area contributed by atoms with E-state index in [-0.39, 0.29) is 12.5 Å². The molecule has 100 valence electrons. The smallest absolute Gasteiger partial charge is 0.253 e. The van der Waals surface area contributed by atoms with Gasteiger partial charge >= 0.3 is 0 Å². The third kappa shape index (κ3) is 3.84. The molecular formula is C16H19NO2. The quantitative estimate of drug-likeness (QED) is 0.824. The van der Waals surface area contributed by atoms with Crippen molar-refractivity contribution in [2.45, 2.75) is 25.7 Å². The lowest BCUT2D eigenvalue weighted by molar-refractivity contribution is 0.0724. The van der Waals surface area contributed by atoms with E-state index < -0.39 is 0 Å². The molecule has 0 saturated carbocycles. The number of carbonyl (C=O) groups excluding carboxylic acids is 1. The molecule has 1 amide bonds. The van der Waals surface area contributed by atoms with Crippen molar-refractivity contribution in [1.29, 1.82) is 0 Å². The summed E-state index contributed by atoms with van der Waals surface area (Å²) >= 11 is 0. The van der Waals surface area contributed by atoms with Gasteiger partial charge in [0.05, 0.1) is 6.61 Å². The molecule has 1 fully saturated rings. The lowest BCUT2D eigenvalue weighted by Gasteiger charge is -2.26. The largest absolute Gasteiger partial charge is 0.395 e. The second-order valence-electron chi connectivity index (χ2n) is 4.71. The predicted octanol–water partition coefficient (Wildman–Crippen LogP) is 2.05. The number of rotatable bonds is 2. The summed E-state index contributed by atoms with van der Waals surface area (Å²) in [6.45, 7) is 1.83. The van der Waals surface area contributed by atoms with E-state index in [0.29, 0.717) is 6.42 Å². The van der Waals surface area contributed by atoms with E-state index >= 15 is 0 Å². The summed E-state index contributed by atoms with van der Waals surface area (Å²) in [6.07, 6.45) is 3.92. The summed E-state index contributed by atoms with van der Waals surface area (Å²) in [5.41, 5.74) is 1.61. The van der Waals surface area contributed by atoms with Gasteiger partial charge in [0, 0.05) is 30.6 Å². The number of nitrogens with zero attached hydrogens (tertiary/aromatic N) is 1. The van der Waals surface area contributed by atoms with Crippen LogP contribution in [-0.4, -0.2) is 35.6 Å². The van der Waals surface area contributed by atoms with Gasteiger partial charge < -0.3 is 10.0 Å². The Morgan fingerprint density at radius 1 is 1.16 bits per heavy atom. The van der Waals surface area contributed by atoms with Crippen molar-refractivity contribution in [2.24, 2.45) is 0 Å². The molecule has 1 aromatic carbocycles. The van der Waals surface area contributed by atoms with E-state index in [1.165, 1.54) is 6.42 Å². The van der Waals surface area contributed by atoms with Crippen LogP contribution in [0.2, 0.25) is 0 Å². The molecule has 0 unspecified atom stereocenters. The zero-order chi connectivity index (χ0) is 13.5. The highest BCUT2D eigenvalue weighted by atomic mass is 16.2. The first-order valence-electron chi connectivity index (χ1n) is 6.80. The number of piperidine rings is 1. The molecule has 1 aliphatic rings. The average molecular weight is 257 g/mol. The SMILES string of the molecule is O=C(c1ccc(C#CCCO)cc1)N1CCCCC1. The van der Waals surface area contributed by atoms with Crippen molar-refractivity contribution in [3.8, 4) is 11.8 Å². The highest BCUT2D eigenvalue weighted by Crippen LogP contribution is 2.13. The number of amides is 1. The molecule has 0 aliphatic carbocycles. The molecule has 19 heavy (non-hydrogen) atoms. The van der Waals surface area contributed by atoms with Crippen LogP contribution in [0.3, 0.4) is 0 Å². The number of aliphatic hydroxyl groups excluding tert-OH is 1. The van der Waals surface area contributed by atoms with Gasteiger partial charge in [0.2, 0.25) is 0 Å². The zero-order valence-corrected chi connectivity index (χ0v) is 11.1. The van der Waals surface area contributed by atoms with Crippen LogP contribution < -0.4 is 0 Å². The van der Waals surface area contributed by atoms with Crippen LogP contribution in [-0.2, 0) is 0 Å². The maximum absolute atomic E-state index is 12.2. The zero-order valence-electron chi connectivity index (χ0n) is 11.1. The minimum atomic E-state index is 0.0819. The minimum absolute atomic E-state index is 0.0819. The van der Waals surface area contributed by atoms with E-state index in [2.05, 4.69) is 11.8 Å². The molecule has 0 atom stereocenters. The summed E-state index contributed by atoms with van der Waals surface area (Å²) in [5, 5.41) is 8.65. The second-order valence-corrected chi connectivity index (χ2v) is 4.71. The van der Waals surface area contributed by atoms with Crippen LogP contribution in [0.5, 0.6) is 0 Å². The first-order chi connectivity index (χ1) is 9.31. The fourth-order valence-electron chi connectivity index (χ4n) is 2.20. The number of benzene rings is 1. The molecule has 3 heteroatoms. The minimum Gasteiger partial charge on any atom is -0.395 e. The Kier molecular flexibility index (Phi) is 5.00. The van der Waals surface area contributed by atoms with Crippen molar-refractivity contribution in [2.75, 3.05) is 19.7 Å². The second kappa shape index (κ2) is 6.96. The molecule has 0 spiro atoms. The van der Waals surface area contributed by atoms with Gasteiger partial charge in [-0.15, -0.1) is 0 Å². The van der Waals surface area contributed by atoms with E-state index in [0.717, 1.165) is 37.1 Å². The van der Waals surface area contributed by atoms with Crippen molar-refractivity contribution in [3.63, 3.8) is 0 Å². The van der Waals surface area contributed by atoms with Crippen molar-refractivity contribution in [3.05, 3.63) is 35.4 Å². The molecule has 1 heterocycles. The maximum Gasteiger partial charge on any atom is 0.253 e. The van der Waals surface area contributed by atoms with Gasteiger partial charge in [-0.05, 0) is 43.5 Å². The third-order valence-electron chi connectivity index (χ3n) is 3.24. The normalized spacial score (nSPS) is 14.7. The summed E-state index contributed by atoms with van der Waals surface area (Å²) in [6, 6.07) is 7.39. The van der Waals surface area contributed by atoms with Gasteiger partial charge in [-0.1, -0.05) is 11.8 Å². The number of hydrogen-bond acceptors (Lipinski definition) is 2. The van der Waals surface area contributed by atoms with Crippen molar-refractivity contribution < 1.29 is 9.90 Å². The third-order valence-corrected chi connectivity index (χ3v) is 3.24. The average Bonchev–Trinajstić information content (AvgIpc) is 2.48. The molecule has 1 aliphatic heterocycles. The highest BCUT2D eigenvalue weighted by Gasteiger charge is 2.17. The van der Waals surface area contributed by atoms with E-state index in [1.54, 1.807) is 0 Å². The first-order valence-corrected chi connectivity index (χ1v) is 6.80. The van der Waals surface area contributed by atoms with Crippen molar-refractivity contribution >= 4 is 5.91 Å². The highest BCUT2D eigenvalue weighted by molar-refractivity contribution is 5.94. The summed E-state index contributed by atoms with van der Waals surface area (Å²) in [4.78, 5) is 14.2. The lowest BCUT2D eigenvalue weighted by Crippen LogP contribution is -2.35. The Balaban J connectivity index is 2.01. The van der Waals surface area contributed by atoms with Crippen LogP contribution in [0.1, 0.15) is 41.6 Å². The van der Waals surface area contributed by atoms with E-state index in [1.807, 2.05) is 29.2 Å². The summed E-state index contributed by atoms with van der Waals surface area (Å²) in [5.74, 6) is 5.94. The fraction of sp³-hybridized carbons (Fsp3) is 0.438. The van der Waals surface area contributed by atoms with Gasteiger partial charge in [0.25, 0.3) is 5.91 Å². The molecule has 1 aromatic rings. The van der Waals surface area contributed by atoms with Gasteiger partial charge in [0.1, 0.15) is 0 Å². The Labute approximate surface area is 114 Å². The topological polar surface area (TPSA) is 40.5 Å². The van der Waals surface area contributed by atoms with Crippen LogP contribution in [0.4, 0.5) is 0 Å². The van der Waals surface area contributed by atoms with Crippen molar-refractivity contribution in [1.82, 2.24) is 4.90 Å². The Morgan fingerprint density at radius 3 is 2.47 bits per heavy atom. The van der Waals surface area contributed by atoms with Gasteiger partial charge in [-0.3, -0.25) is 4.79 Å². The van der Waals surface area contributed by atoms with Crippen LogP contribution in [0, 0.1) is 11.8 Å². The van der Waals surface area contributed by atoms with E-state index in [4.69, 9.17) is 5.11 Å². The molecule has 1 saturated heterocycles. The molecule has 0 bridgehead atoms. The van der Waals surface area contributed by atoms with Gasteiger partial charge in [0.15, 0.2) is 0 Å². The predicted molar refractivity (Wildman–Crippen MR) is 74.8 cm³/mol. The molecule has 0 aromatic heterocycles. The molecule has 1 N–H and O–H groups in total. The standard InChI is InChI=1S/C16H19NO2/c18-13-5-2-6-14-7-9-15(10-8-14)16(19)17-11-3-1-4-12-17/h7-10,18H,1,3-5,11-13H2. The van der Waals surface area contributed by atoms with Crippen LogP contribution in [0.15, 0.2) is 24.3 Å². The molecule has 3 nitrogen and oxygen atoms in total. The number of carbonyl (C=O) groups is 1. The van der Waals surface area contributed by atoms with E-state index in [9.17, 15) is 4.79 Å². The van der Waals surface area contributed by atoms with Gasteiger partial charge in [-0.25, -0.2) is 0 Å². The monoisotopic (exact) mass is 257 g/mol. The first kappa shape index (κ1) is 13.6.